The molecule has 30 heavy (non-hydrogen) atoms. The number of imide groups is 1. The van der Waals surface area contributed by atoms with Crippen LogP contribution in [-0.4, -0.2) is 40.4 Å². The maximum atomic E-state index is 12.6. The van der Waals surface area contributed by atoms with Crippen LogP contribution in [0.4, 0.5) is 0 Å². The van der Waals surface area contributed by atoms with Crippen LogP contribution in [0, 0.1) is 5.92 Å². The molecule has 0 aromatic heterocycles. The molecule has 1 saturated heterocycles. The molecule has 1 aliphatic heterocycles. The van der Waals surface area contributed by atoms with Gasteiger partial charge in [0.05, 0.1) is 18.2 Å². The van der Waals surface area contributed by atoms with Crippen molar-refractivity contribution in [3.63, 3.8) is 0 Å². The molecule has 156 valence electrons. The molecule has 3 rings (SSSR count). The van der Waals surface area contributed by atoms with E-state index < -0.39 is 29.7 Å². The molecule has 0 bridgehead atoms. The number of likely N-dealkylation sites (tertiary alicyclic amines) is 1. The average Bonchev–Trinajstić information content (AvgIpc) is 2.72. The molecular weight excluding hydrogens is 382 g/mol. The van der Waals surface area contributed by atoms with E-state index >= 15 is 0 Å². The zero-order chi connectivity index (χ0) is 21.7. The lowest BCUT2D eigenvalue weighted by Gasteiger charge is -2.43. The number of β-lactam (4-membered cyclic amide) rings is 1. The smallest absolute Gasteiger partial charge is 0.327 e. The molecule has 2 atom stereocenters. The van der Waals surface area contributed by atoms with E-state index in [1.165, 1.54) is 0 Å². The molecule has 0 saturated carbocycles. The second kappa shape index (κ2) is 9.26. The van der Waals surface area contributed by atoms with Crippen molar-refractivity contribution < 1.29 is 19.5 Å². The van der Waals surface area contributed by atoms with Gasteiger partial charge in [-0.3, -0.25) is 14.5 Å². The number of hydrogen-bond acceptors (Lipinski definition) is 5. The normalized spacial score (nSPS) is 17.9. The lowest BCUT2D eigenvalue weighted by atomic mass is 9.83. The summed E-state index contributed by atoms with van der Waals surface area (Å²) in [6, 6.07) is 16.2. The summed E-state index contributed by atoms with van der Waals surface area (Å²) in [5.41, 5.74) is 8.23. The summed E-state index contributed by atoms with van der Waals surface area (Å²) in [6.07, 6.45) is 0.900. The summed E-state index contributed by atoms with van der Waals surface area (Å²) >= 11 is 0. The first-order valence-electron chi connectivity index (χ1n) is 9.80. The highest BCUT2D eigenvalue weighted by Crippen LogP contribution is 2.31. The van der Waals surface area contributed by atoms with Crippen molar-refractivity contribution >= 4 is 17.8 Å². The van der Waals surface area contributed by atoms with E-state index in [9.17, 15) is 19.5 Å². The molecule has 2 aromatic carbocycles. The van der Waals surface area contributed by atoms with Gasteiger partial charge >= 0.3 is 5.97 Å². The Balaban J connectivity index is 1.61. The van der Waals surface area contributed by atoms with E-state index in [4.69, 9.17) is 5.73 Å². The van der Waals surface area contributed by atoms with Gasteiger partial charge in [0.15, 0.2) is 0 Å². The second-order valence-corrected chi connectivity index (χ2v) is 7.33. The van der Waals surface area contributed by atoms with Crippen molar-refractivity contribution in [3.05, 3.63) is 72.6 Å². The summed E-state index contributed by atoms with van der Waals surface area (Å²) in [6.45, 7) is 4.01. The van der Waals surface area contributed by atoms with Crippen molar-refractivity contribution in [3.8, 4) is 11.1 Å². The highest BCUT2D eigenvalue weighted by Gasteiger charge is 2.53. The van der Waals surface area contributed by atoms with E-state index in [0.29, 0.717) is 25.2 Å². The molecule has 1 fully saturated rings. The number of carbonyl (C=O) groups excluding carboxylic acids is 2. The first-order valence-corrected chi connectivity index (χ1v) is 9.80. The van der Waals surface area contributed by atoms with Gasteiger partial charge in [0, 0.05) is 6.54 Å². The fourth-order valence-corrected chi connectivity index (χ4v) is 3.67. The number of carbonyl (C=O) groups is 3. The Bertz CT molecular complexity index is 941. The largest absolute Gasteiger partial charge is 0.480 e. The van der Waals surface area contributed by atoms with Crippen LogP contribution in [0.15, 0.2) is 67.0 Å². The highest BCUT2D eigenvalue weighted by molar-refractivity contribution is 6.08. The van der Waals surface area contributed by atoms with Gasteiger partial charge in [-0.25, -0.2) is 4.79 Å². The van der Waals surface area contributed by atoms with Crippen molar-refractivity contribution in [1.29, 1.82) is 0 Å². The third-order valence-corrected chi connectivity index (χ3v) is 5.20. The first-order chi connectivity index (χ1) is 14.4. The Hall–Kier alpha value is -3.61. The number of amides is 2. The van der Waals surface area contributed by atoms with Crippen LogP contribution in [-0.2, 0) is 20.8 Å². The fraction of sp³-hybridized carbons (Fsp3) is 0.261. The standard InChI is InChI=1S/C23H25N3O4/c1-15(24)25-13-5-8-19-21(23(29)30)26(22(19)28)20(27)14-16-9-11-18(12-10-16)17-6-3-2-4-7-17/h2-4,6-7,9-12,19,21,25H,1,5,8,13-14,24H2,(H,29,30). The van der Waals surface area contributed by atoms with Crippen LogP contribution in [0.2, 0.25) is 0 Å². The number of nitrogens with zero attached hydrogens (tertiary/aromatic N) is 1. The maximum Gasteiger partial charge on any atom is 0.327 e. The molecule has 2 aromatic rings. The summed E-state index contributed by atoms with van der Waals surface area (Å²) < 4.78 is 0. The van der Waals surface area contributed by atoms with Crippen LogP contribution in [0.25, 0.3) is 11.1 Å². The number of carboxylic acids is 1. The predicted molar refractivity (Wildman–Crippen MR) is 113 cm³/mol. The Morgan fingerprint density at radius 2 is 1.70 bits per heavy atom. The number of hydrogen-bond donors (Lipinski definition) is 3. The molecule has 0 spiro atoms. The van der Waals surface area contributed by atoms with Crippen molar-refractivity contribution in [1.82, 2.24) is 10.2 Å². The minimum atomic E-state index is -1.16. The molecule has 2 amide bonds. The molecule has 2 unspecified atom stereocenters. The molecule has 7 heteroatoms. The zero-order valence-electron chi connectivity index (χ0n) is 16.6. The lowest BCUT2D eigenvalue weighted by Crippen LogP contribution is -2.66. The molecule has 0 radical (unpaired) electrons. The number of nitrogens with two attached hydrogens (primary N) is 1. The van der Waals surface area contributed by atoms with Crippen LogP contribution >= 0.6 is 0 Å². The third-order valence-electron chi connectivity index (χ3n) is 5.20. The Morgan fingerprint density at radius 3 is 2.30 bits per heavy atom. The molecule has 1 aliphatic rings. The van der Waals surface area contributed by atoms with Crippen molar-refractivity contribution in [2.75, 3.05) is 6.54 Å². The van der Waals surface area contributed by atoms with Gasteiger partial charge in [0.2, 0.25) is 11.8 Å². The van der Waals surface area contributed by atoms with Crippen LogP contribution in [0.1, 0.15) is 18.4 Å². The van der Waals surface area contributed by atoms with E-state index in [1.54, 1.807) is 0 Å². The van der Waals surface area contributed by atoms with Crippen molar-refractivity contribution in [2.45, 2.75) is 25.3 Å². The Morgan fingerprint density at radius 1 is 1.07 bits per heavy atom. The summed E-state index contributed by atoms with van der Waals surface area (Å²) in [4.78, 5) is 37.6. The molecule has 4 N–H and O–H groups in total. The van der Waals surface area contributed by atoms with Gasteiger partial charge < -0.3 is 16.2 Å². The van der Waals surface area contributed by atoms with Gasteiger partial charge in [0.25, 0.3) is 0 Å². The SMILES string of the molecule is C=C(N)NCCCC1C(=O)N(C(=O)Cc2ccc(-c3ccccc3)cc2)C1C(=O)O. The molecular formula is C23H25N3O4. The summed E-state index contributed by atoms with van der Waals surface area (Å²) in [5.74, 6) is -2.47. The average molecular weight is 407 g/mol. The minimum Gasteiger partial charge on any atom is -0.480 e. The summed E-state index contributed by atoms with van der Waals surface area (Å²) in [7, 11) is 0. The maximum absolute atomic E-state index is 12.6. The molecule has 0 aliphatic carbocycles. The number of carboxylic acid groups (broad SMARTS) is 1. The van der Waals surface area contributed by atoms with Crippen LogP contribution in [0.3, 0.4) is 0 Å². The van der Waals surface area contributed by atoms with Crippen LogP contribution < -0.4 is 11.1 Å². The highest BCUT2D eigenvalue weighted by atomic mass is 16.4. The predicted octanol–water partition coefficient (Wildman–Crippen LogP) is 2.13. The first kappa shape index (κ1) is 21.1. The minimum absolute atomic E-state index is 0.0220. The fourth-order valence-electron chi connectivity index (χ4n) is 3.67. The number of benzene rings is 2. The second-order valence-electron chi connectivity index (χ2n) is 7.33. The monoisotopic (exact) mass is 407 g/mol. The van der Waals surface area contributed by atoms with E-state index in [1.807, 2.05) is 54.6 Å². The van der Waals surface area contributed by atoms with Gasteiger partial charge in [-0.2, -0.15) is 0 Å². The van der Waals surface area contributed by atoms with E-state index in [-0.39, 0.29) is 6.42 Å². The lowest BCUT2D eigenvalue weighted by molar-refractivity contribution is -0.177. The summed E-state index contributed by atoms with van der Waals surface area (Å²) in [5, 5.41) is 12.4. The zero-order valence-corrected chi connectivity index (χ0v) is 16.6. The molecule has 1 heterocycles. The molecule has 7 nitrogen and oxygen atoms in total. The Kier molecular flexibility index (Phi) is 6.51. The van der Waals surface area contributed by atoms with E-state index in [2.05, 4.69) is 11.9 Å². The van der Waals surface area contributed by atoms with Gasteiger partial charge in [-0.1, -0.05) is 61.2 Å². The van der Waals surface area contributed by atoms with Gasteiger partial charge in [-0.15, -0.1) is 0 Å². The number of nitrogens with one attached hydrogen (secondary N) is 1. The topological polar surface area (TPSA) is 113 Å². The van der Waals surface area contributed by atoms with Crippen LogP contribution in [0.5, 0.6) is 0 Å². The van der Waals surface area contributed by atoms with Gasteiger partial charge in [0.1, 0.15) is 6.04 Å². The Labute approximate surface area is 175 Å². The third kappa shape index (κ3) is 4.68. The van der Waals surface area contributed by atoms with E-state index in [0.717, 1.165) is 21.6 Å². The van der Waals surface area contributed by atoms with Gasteiger partial charge in [-0.05, 0) is 29.5 Å². The quantitative estimate of drug-likeness (QED) is 0.434. The van der Waals surface area contributed by atoms with Crippen molar-refractivity contribution in [2.24, 2.45) is 11.7 Å². The number of aliphatic carboxylic acids is 1. The number of rotatable bonds is 9.